The number of nitrogens with zero attached hydrogens (tertiary/aromatic N) is 1. The van der Waals surface area contributed by atoms with Crippen molar-refractivity contribution >= 4 is 17.9 Å². The minimum atomic E-state index is -0.476. The molecular weight excluding hydrogens is 310 g/mol. The highest BCUT2D eigenvalue weighted by Crippen LogP contribution is 2.46. The molecule has 0 N–H and O–H groups in total. The highest BCUT2D eigenvalue weighted by molar-refractivity contribution is 7.98. The van der Waals surface area contributed by atoms with E-state index in [-0.39, 0.29) is 17.6 Å². The molecule has 1 fully saturated rings. The zero-order valence-electron chi connectivity index (χ0n) is 14.5. The van der Waals surface area contributed by atoms with Gasteiger partial charge in [-0.3, -0.25) is 0 Å². The summed E-state index contributed by atoms with van der Waals surface area (Å²) in [5, 5.41) is 0. The van der Waals surface area contributed by atoms with Crippen molar-refractivity contribution in [1.82, 2.24) is 4.90 Å². The highest BCUT2D eigenvalue weighted by Gasteiger charge is 2.50. The maximum atomic E-state index is 12.4. The second-order valence-corrected chi connectivity index (χ2v) is 8.39. The smallest absolute Gasteiger partial charge is 0.410 e. The van der Waals surface area contributed by atoms with Crippen LogP contribution in [0, 0.1) is 0 Å². The lowest BCUT2D eigenvalue weighted by Crippen LogP contribution is -2.41. The summed E-state index contributed by atoms with van der Waals surface area (Å²) in [6.45, 7) is 9.63. The first-order valence-corrected chi connectivity index (χ1v) is 9.24. The zero-order valence-corrected chi connectivity index (χ0v) is 15.3. The Hall–Kier alpha value is -1.20. The molecule has 4 nitrogen and oxygen atoms in total. The predicted molar refractivity (Wildman–Crippen MR) is 92.0 cm³/mol. The maximum Gasteiger partial charge on any atom is 0.410 e. The van der Waals surface area contributed by atoms with Crippen molar-refractivity contribution in [1.29, 1.82) is 0 Å². The number of rotatable bonds is 1. The van der Waals surface area contributed by atoms with Gasteiger partial charge < -0.3 is 14.4 Å². The van der Waals surface area contributed by atoms with E-state index in [1.807, 2.05) is 20.8 Å². The number of amides is 1. The van der Waals surface area contributed by atoms with Crippen molar-refractivity contribution in [3.8, 4) is 0 Å². The quantitative estimate of drug-likeness (QED) is 0.726. The summed E-state index contributed by atoms with van der Waals surface area (Å²) in [5.74, 6) is 0.200. The van der Waals surface area contributed by atoms with Crippen LogP contribution in [0.5, 0.6) is 0 Å². The van der Waals surface area contributed by atoms with Crippen LogP contribution >= 0.6 is 11.8 Å². The van der Waals surface area contributed by atoms with Gasteiger partial charge >= 0.3 is 6.09 Å². The number of benzene rings is 1. The number of likely N-dealkylation sites (tertiary alicyclic amines) is 1. The molecule has 0 aliphatic carbocycles. The van der Waals surface area contributed by atoms with Crippen LogP contribution in [-0.2, 0) is 16.1 Å². The first kappa shape index (κ1) is 16.7. The number of carbonyl (C=O) groups is 1. The van der Waals surface area contributed by atoms with Gasteiger partial charge in [0.05, 0.1) is 18.8 Å². The lowest BCUT2D eigenvalue weighted by atomic mass is 9.81. The van der Waals surface area contributed by atoms with Crippen molar-refractivity contribution in [3.05, 3.63) is 29.3 Å². The minimum absolute atomic E-state index is 0.200. The van der Waals surface area contributed by atoms with Crippen LogP contribution in [0.3, 0.4) is 0 Å². The third-order valence-corrected chi connectivity index (χ3v) is 5.43. The molecule has 1 saturated heterocycles. The fraction of sp³-hybridized carbons (Fsp3) is 0.611. The van der Waals surface area contributed by atoms with Crippen molar-refractivity contribution < 1.29 is 14.3 Å². The Morgan fingerprint density at radius 3 is 2.83 bits per heavy atom. The van der Waals surface area contributed by atoms with Crippen LogP contribution in [0.25, 0.3) is 0 Å². The molecular formula is C18H25NO3S. The van der Waals surface area contributed by atoms with E-state index >= 15 is 0 Å². The third-order valence-electron chi connectivity index (χ3n) is 4.61. The maximum absolute atomic E-state index is 12.4. The SMILES string of the molecule is CSc1cccc2c1COC1(C)CN(C(=O)OC(C)(C)C)CC21. The van der Waals surface area contributed by atoms with E-state index in [4.69, 9.17) is 9.47 Å². The number of ether oxygens (including phenoxy) is 2. The number of carbonyl (C=O) groups excluding carboxylic acids is 1. The van der Waals surface area contributed by atoms with Gasteiger partial charge in [0.2, 0.25) is 0 Å². The fourth-order valence-corrected chi connectivity index (χ4v) is 4.14. The molecule has 0 radical (unpaired) electrons. The van der Waals surface area contributed by atoms with Crippen LogP contribution in [0.4, 0.5) is 4.79 Å². The molecule has 2 unspecified atom stereocenters. The highest BCUT2D eigenvalue weighted by atomic mass is 32.2. The van der Waals surface area contributed by atoms with Gasteiger partial charge in [-0.2, -0.15) is 0 Å². The zero-order chi connectivity index (χ0) is 16.8. The molecule has 2 aliphatic heterocycles. The summed E-state index contributed by atoms with van der Waals surface area (Å²) < 4.78 is 11.7. The summed E-state index contributed by atoms with van der Waals surface area (Å²) in [7, 11) is 0. The van der Waals surface area contributed by atoms with Crippen LogP contribution < -0.4 is 0 Å². The first-order valence-electron chi connectivity index (χ1n) is 8.01. The van der Waals surface area contributed by atoms with Gasteiger partial charge in [0.25, 0.3) is 0 Å². The molecule has 0 spiro atoms. The molecule has 3 rings (SSSR count). The Bertz CT molecular complexity index is 625. The Balaban J connectivity index is 1.87. The average molecular weight is 335 g/mol. The Morgan fingerprint density at radius 2 is 2.17 bits per heavy atom. The molecule has 1 amide bonds. The van der Waals surface area contributed by atoms with Crippen LogP contribution in [0.2, 0.25) is 0 Å². The molecule has 126 valence electrons. The summed E-state index contributed by atoms with van der Waals surface area (Å²) in [6, 6.07) is 6.42. The monoisotopic (exact) mass is 335 g/mol. The van der Waals surface area contributed by atoms with E-state index in [2.05, 4.69) is 31.4 Å². The Labute approximate surface area is 142 Å². The van der Waals surface area contributed by atoms with Crippen LogP contribution in [-0.4, -0.2) is 41.5 Å². The van der Waals surface area contributed by atoms with Crippen molar-refractivity contribution in [2.75, 3.05) is 19.3 Å². The van der Waals surface area contributed by atoms with Gasteiger partial charge in [-0.05, 0) is 51.1 Å². The molecule has 0 bridgehead atoms. The van der Waals surface area contributed by atoms with Gasteiger partial charge in [0.1, 0.15) is 5.60 Å². The number of thioether (sulfide) groups is 1. The largest absolute Gasteiger partial charge is 0.444 e. The summed E-state index contributed by atoms with van der Waals surface area (Å²) in [6.07, 6.45) is 1.84. The van der Waals surface area contributed by atoms with Crippen LogP contribution in [0.1, 0.15) is 44.7 Å². The van der Waals surface area contributed by atoms with E-state index in [1.54, 1.807) is 16.7 Å². The lowest BCUT2D eigenvalue weighted by Gasteiger charge is -2.37. The minimum Gasteiger partial charge on any atom is -0.444 e. The molecule has 1 aromatic rings. The molecule has 2 heterocycles. The van der Waals surface area contributed by atoms with E-state index < -0.39 is 5.60 Å². The lowest BCUT2D eigenvalue weighted by molar-refractivity contribution is -0.0585. The van der Waals surface area contributed by atoms with Gasteiger partial charge in [-0.15, -0.1) is 11.8 Å². The van der Waals surface area contributed by atoms with Gasteiger partial charge in [0.15, 0.2) is 0 Å². The van der Waals surface area contributed by atoms with Crippen molar-refractivity contribution in [3.63, 3.8) is 0 Å². The topological polar surface area (TPSA) is 38.8 Å². The molecule has 23 heavy (non-hydrogen) atoms. The van der Waals surface area contributed by atoms with E-state index in [0.717, 1.165) is 0 Å². The standard InChI is InChI=1S/C18H25NO3S/c1-17(2,3)22-16(20)19-9-14-12-7-6-8-15(23-5)13(12)10-21-18(14,4)11-19/h6-8,14H,9-11H2,1-5H3. The molecule has 0 saturated carbocycles. The Morgan fingerprint density at radius 1 is 1.43 bits per heavy atom. The fourth-order valence-electron chi connectivity index (χ4n) is 3.50. The second-order valence-electron chi connectivity index (χ2n) is 7.54. The van der Waals surface area contributed by atoms with E-state index in [9.17, 15) is 4.79 Å². The number of hydrogen-bond acceptors (Lipinski definition) is 4. The molecule has 1 aromatic carbocycles. The number of fused-ring (bicyclic) bond motifs is 3. The molecule has 2 atom stereocenters. The Kier molecular flexibility index (Phi) is 4.13. The second kappa shape index (κ2) is 5.71. The predicted octanol–water partition coefficient (Wildman–Crippen LogP) is 4.03. The average Bonchev–Trinajstić information content (AvgIpc) is 2.83. The first-order chi connectivity index (χ1) is 10.7. The van der Waals surface area contributed by atoms with Gasteiger partial charge in [-0.1, -0.05) is 12.1 Å². The molecule has 5 heteroatoms. The number of hydrogen-bond donors (Lipinski definition) is 0. The van der Waals surface area contributed by atoms with Gasteiger partial charge in [-0.25, -0.2) is 4.79 Å². The van der Waals surface area contributed by atoms with E-state index in [0.29, 0.717) is 19.7 Å². The normalized spacial score (nSPS) is 26.7. The van der Waals surface area contributed by atoms with Crippen molar-refractivity contribution in [2.45, 2.75) is 56.3 Å². The summed E-state index contributed by atoms with van der Waals surface area (Å²) in [5.41, 5.74) is 1.78. The summed E-state index contributed by atoms with van der Waals surface area (Å²) >= 11 is 1.75. The third kappa shape index (κ3) is 3.09. The van der Waals surface area contributed by atoms with Crippen LogP contribution in [0.15, 0.2) is 23.1 Å². The molecule has 2 aliphatic rings. The summed E-state index contributed by atoms with van der Waals surface area (Å²) in [4.78, 5) is 15.5. The van der Waals surface area contributed by atoms with Gasteiger partial charge in [0, 0.05) is 17.4 Å². The van der Waals surface area contributed by atoms with Crippen molar-refractivity contribution in [2.24, 2.45) is 0 Å². The van der Waals surface area contributed by atoms with E-state index in [1.165, 1.54) is 16.0 Å². The molecule has 0 aromatic heterocycles.